The minimum absolute atomic E-state index is 0.0724. The summed E-state index contributed by atoms with van der Waals surface area (Å²) in [6.45, 7) is 0. The minimum atomic E-state index is -0.562. The molecule has 2 rings (SSSR count). The van der Waals surface area contributed by atoms with E-state index >= 15 is 0 Å². The third-order valence-corrected chi connectivity index (χ3v) is 2.60. The van der Waals surface area contributed by atoms with Crippen LogP contribution in [0.5, 0.6) is 0 Å². The molecule has 1 heterocycles. The van der Waals surface area contributed by atoms with Gasteiger partial charge in [-0.3, -0.25) is 9.59 Å². The Bertz CT molecular complexity index is 714. The van der Waals surface area contributed by atoms with Gasteiger partial charge >= 0.3 is 0 Å². The first-order valence-corrected chi connectivity index (χ1v) is 5.67. The van der Waals surface area contributed by atoms with Gasteiger partial charge in [0.15, 0.2) is 0 Å². The molecule has 94 valence electrons. The fourth-order valence-electron chi connectivity index (χ4n) is 1.45. The molecule has 0 spiro atoms. The molecule has 0 bridgehead atoms. The third-order valence-electron chi connectivity index (χ3n) is 2.38. The molecular formula is C13H8ClN3O2. The molecule has 0 aliphatic carbocycles. The van der Waals surface area contributed by atoms with Crippen molar-refractivity contribution < 1.29 is 4.79 Å². The topological polar surface area (TPSA) is 85.8 Å². The van der Waals surface area contributed by atoms with Gasteiger partial charge in [-0.05, 0) is 30.3 Å². The van der Waals surface area contributed by atoms with E-state index in [9.17, 15) is 9.59 Å². The van der Waals surface area contributed by atoms with E-state index in [2.05, 4.69) is 10.3 Å². The number of carbonyl (C=O) groups is 1. The average Bonchev–Trinajstić information content (AvgIpc) is 2.42. The minimum Gasteiger partial charge on any atom is -0.327 e. The molecule has 1 amide bonds. The van der Waals surface area contributed by atoms with E-state index in [4.69, 9.17) is 16.9 Å². The van der Waals surface area contributed by atoms with Crippen LogP contribution in [0.15, 0.2) is 41.3 Å². The van der Waals surface area contributed by atoms with E-state index in [-0.39, 0.29) is 10.6 Å². The predicted octanol–water partition coefficient (Wildman–Crippen LogP) is 2.15. The SMILES string of the molecule is N#Cc1ccc(NC(=O)c2cc(Cl)c[nH]c2=O)cc1. The monoisotopic (exact) mass is 273 g/mol. The maximum Gasteiger partial charge on any atom is 0.261 e. The zero-order valence-corrected chi connectivity index (χ0v) is 10.4. The van der Waals surface area contributed by atoms with E-state index in [1.54, 1.807) is 24.3 Å². The van der Waals surface area contributed by atoms with E-state index in [1.807, 2.05) is 6.07 Å². The zero-order chi connectivity index (χ0) is 13.8. The second kappa shape index (κ2) is 5.38. The van der Waals surface area contributed by atoms with Crippen LogP contribution in [0.2, 0.25) is 5.02 Å². The number of aromatic nitrogens is 1. The second-order valence-corrected chi connectivity index (χ2v) is 4.14. The van der Waals surface area contributed by atoms with Crippen LogP contribution >= 0.6 is 11.6 Å². The molecule has 0 radical (unpaired) electrons. The number of hydrogen-bond acceptors (Lipinski definition) is 3. The van der Waals surface area contributed by atoms with Gasteiger partial charge in [0.2, 0.25) is 0 Å². The first kappa shape index (κ1) is 12.9. The molecule has 0 saturated carbocycles. The maximum atomic E-state index is 11.9. The number of nitrogens with zero attached hydrogens (tertiary/aromatic N) is 1. The zero-order valence-electron chi connectivity index (χ0n) is 9.61. The second-order valence-electron chi connectivity index (χ2n) is 3.70. The highest BCUT2D eigenvalue weighted by molar-refractivity contribution is 6.30. The van der Waals surface area contributed by atoms with Crippen LogP contribution in [0.25, 0.3) is 0 Å². The first-order valence-electron chi connectivity index (χ1n) is 5.30. The van der Waals surface area contributed by atoms with E-state index < -0.39 is 11.5 Å². The molecule has 2 N–H and O–H groups in total. The van der Waals surface area contributed by atoms with Crippen molar-refractivity contribution in [3.63, 3.8) is 0 Å². The van der Waals surface area contributed by atoms with Crippen molar-refractivity contribution in [2.45, 2.75) is 0 Å². The lowest BCUT2D eigenvalue weighted by molar-refractivity contribution is 0.102. The number of pyridine rings is 1. The number of nitriles is 1. The Balaban J connectivity index is 2.23. The highest BCUT2D eigenvalue weighted by atomic mass is 35.5. The summed E-state index contributed by atoms with van der Waals surface area (Å²) in [5.74, 6) is -0.562. The van der Waals surface area contributed by atoms with Gasteiger partial charge in [0.1, 0.15) is 5.56 Å². The number of H-pyrrole nitrogens is 1. The van der Waals surface area contributed by atoms with E-state index in [1.165, 1.54) is 12.3 Å². The molecular weight excluding hydrogens is 266 g/mol. The smallest absolute Gasteiger partial charge is 0.261 e. The van der Waals surface area contributed by atoms with Crippen molar-refractivity contribution >= 4 is 23.2 Å². The maximum absolute atomic E-state index is 11.9. The Labute approximate surface area is 113 Å². The highest BCUT2D eigenvalue weighted by Gasteiger charge is 2.11. The van der Waals surface area contributed by atoms with Crippen molar-refractivity contribution in [1.29, 1.82) is 5.26 Å². The molecule has 19 heavy (non-hydrogen) atoms. The summed E-state index contributed by atoms with van der Waals surface area (Å²) in [6.07, 6.45) is 1.31. The summed E-state index contributed by atoms with van der Waals surface area (Å²) in [7, 11) is 0. The van der Waals surface area contributed by atoms with Crippen molar-refractivity contribution in [1.82, 2.24) is 4.98 Å². The van der Waals surface area contributed by atoms with Crippen molar-refractivity contribution in [3.8, 4) is 6.07 Å². The quantitative estimate of drug-likeness (QED) is 0.879. The largest absolute Gasteiger partial charge is 0.327 e. The summed E-state index contributed by atoms with van der Waals surface area (Å²) in [5, 5.41) is 11.5. The summed E-state index contributed by atoms with van der Waals surface area (Å²) in [4.78, 5) is 25.7. The molecule has 2 aromatic rings. The van der Waals surface area contributed by atoms with Crippen LogP contribution in [0.3, 0.4) is 0 Å². The van der Waals surface area contributed by atoms with Crippen LogP contribution in [0.1, 0.15) is 15.9 Å². The van der Waals surface area contributed by atoms with Crippen molar-refractivity contribution in [3.05, 3.63) is 63.0 Å². The molecule has 0 atom stereocenters. The Morgan fingerprint density at radius 2 is 2.00 bits per heavy atom. The highest BCUT2D eigenvalue weighted by Crippen LogP contribution is 2.11. The van der Waals surface area contributed by atoms with Crippen LogP contribution in [0.4, 0.5) is 5.69 Å². The van der Waals surface area contributed by atoms with Crippen LogP contribution in [-0.2, 0) is 0 Å². The number of aromatic amines is 1. The normalized spacial score (nSPS) is 9.68. The number of halogens is 1. The van der Waals surface area contributed by atoms with Crippen LogP contribution < -0.4 is 10.9 Å². The first-order chi connectivity index (χ1) is 9.10. The molecule has 0 fully saturated rings. The van der Waals surface area contributed by atoms with Gasteiger partial charge in [0.05, 0.1) is 16.7 Å². The lowest BCUT2D eigenvalue weighted by Gasteiger charge is -2.04. The molecule has 1 aromatic carbocycles. The fourth-order valence-corrected chi connectivity index (χ4v) is 1.62. The number of benzene rings is 1. The fraction of sp³-hybridized carbons (Fsp3) is 0. The number of nitrogens with one attached hydrogen (secondary N) is 2. The molecule has 0 unspecified atom stereocenters. The number of rotatable bonds is 2. The van der Waals surface area contributed by atoms with Gasteiger partial charge < -0.3 is 10.3 Å². The van der Waals surface area contributed by atoms with Crippen LogP contribution in [0, 0.1) is 11.3 Å². The molecule has 1 aromatic heterocycles. The Morgan fingerprint density at radius 3 is 2.63 bits per heavy atom. The van der Waals surface area contributed by atoms with Gasteiger partial charge in [-0.25, -0.2) is 0 Å². The summed E-state index contributed by atoms with van der Waals surface area (Å²) >= 11 is 5.72. The number of anilines is 1. The van der Waals surface area contributed by atoms with Crippen molar-refractivity contribution in [2.75, 3.05) is 5.32 Å². The molecule has 5 nitrogen and oxygen atoms in total. The number of carbonyl (C=O) groups excluding carboxylic acids is 1. The van der Waals surface area contributed by atoms with Crippen molar-refractivity contribution in [2.24, 2.45) is 0 Å². The standard InChI is InChI=1S/C13H8ClN3O2/c14-9-5-11(12(18)16-7-9)13(19)17-10-3-1-8(6-15)2-4-10/h1-5,7H,(H,16,18)(H,17,19). The number of amides is 1. The predicted molar refractivity (Wildman–Crippen MR) is 71.2 cm³/mol. The lowest BCUT2D eigenvalue weighted by atomic mass is 10.2. The molecule has 6 heteroatoms. The Morgan fingerprint density at radius 1 is 1.32 bits per heavy atom. The Hall–Kier alpha value is -2.58. The van der Waals surface area contributed by atoms with Gasteiger partial charge in [-0.1, -0.05) is 11.6 Å². The van der Waals surface area contributed by atoms with E-state index in [0.717, 1.165) is 0 Å². The molecule has 0 aliphatic heterocycles. The van der Waals surface area contributed by atoms with Gasteiger partial charge in [-0.15, -0.1) is 0 Å². The van der Waals surface area contributed by atoms with Gasteiger partial charge in [0.25, 0.3) is 11.5 Å². The Kier molecular flexibility index (Phi) is 3.64. The number of hydrogen-bond donors (Lipinski definition) is 2. The molecule has 0 aliphatic rings. The van der Waals surface area contributed by atoms with Crippen LogP contribution in [-0.4, -0.2) is 10.9 Å². The summed E-state index contributed by atoms with van der Waals surface area (Å²) in [5.41, 5.74) is 0.384. The van der Waals surface area contributed by atoms with Gasteiger partial charge in [-0.2, -0.15) is 5.26 Å². The summed E-state index contributed by atoms with van der Waals surface area (Å²) in [6, 6.07) is 9.55. The average molecular weight is 274 g/mol. The van der Waals surface area contributed by atoms with Gasteiger partial charge in [0, 0.05) is 11.9 Å². The third kappa shape index (κ3) is 3.00. The lowest BCUT2D eigenvalue weighted by Crippen LogP contribution is -2.22. The summed E-state index contributed by atoms with van der Waals surface area (Å²) < 4.78 is 0. The van der Waals surface area contributed by atoms with E-state index in [0.29, 0.717) is 11.3 Å². The molecule has 0 saturated heterocycles.